The fraction of sp³-hybridized carbons (Fsp3) is 0.727. The van der Waals surface area contributed by atoms with Crippen molar-refractivity contribution >= 4 is 34.3 Å². The Kier molecular flexibility index (Phi) is 5.87. The summed E-state index contributed by atoms with van der Waals surface area (Å²) in [6.45, 7) is 0.106. The molecule has 0 aromatic carbocycles. The molecule has 1 fully saturated rings. The number of carbonyl (C=O) groups is 1. The molecule has 106 valence electrons. The number of aliphatic hydroxyl groups is 1. The molecule has 0 radical (unpaired) electrons. The normalized spacial score (nSPS) is 16.3. The summed E-state index contributed by atoms with van der Waals surface area (Å²) < 4.78 is 0.752. The Labute approximate surface area is 120 Å². The van der Waals surface area contributed by atoms with Gasteiger partial charge in [0.05, 0.1) is 6.61 Å². The van der Waals surface area contributed by atoms with Crippen molar-refractivity contribution in [3.8, 4) is 0 Å². The van der Waals surface area contributed by atoms with Crippen molar-refractivity contribution in [2.24, 2.45) is 0 Å². The van der Waals surface area contributed by atoms with Gasteiger partial charge in [-0.3, -0.25) is 5.32 Å². The third-order valence-corrected chi connectivity index (χ3v) is 4.84. The maximum atomic E-state index is 11.8. The van der Waals surface area contributed by atoms with E-state index >= 15 is 0 Å². The second kappa shape index (κ2) is 7.66. The van der Waals surface area contributed by atoms with Gasteiger partial charge >= 0.3 is 6.03 Å². The molecule has 1 heterocycles. The second-order valence-corrected chi connectivity index (χ2v) is 6.70. The van der Waals surface area contributed by atoms with Crippen LogP contribution in [-0.4, -0.2) is 39.7 Å². The van der Waals surface area contributed by atoms with E-state index in [1.54, 1.807) is 0 Å². The lowest BCUT2D eigenvalue weighted by Gasteiger charge is -2.22. The van der Waals surface area contributed by atoms with Crippen molar-refractivity contribution in [3.05, 3.63) is 0 Å². The van der Waals surface area contributed by atoms with Crippen molar-refractivity contribution in [2.75, 3.05) is 17.7 Å². The van der Waals surface area contributed by atoms with Gasteiger partial charge in [-0.05, 0) is 12.8 Å². The molecule has 3 N–H and O–H groups in total. The van der Waals surface area contributed by atoms with Gasteiger partial charge in [-0.25, -0.2) is 4.79 Å². The van der Waals surface area contributed by atoms with Gasteiger partial charge in [0.1, 0.15) is 0 Å². The predicted molar refractivity (Wildman–Crippen MR) is 76.7 cm³/mol. The fourth-order valence-corrected chi connectivity index (χ4v) is 3.58. The van der Waals surface area contributed by atoms with Crippen LogP contribution in [0.15, 0.2) is 4.34 Å². The minimum Gasteiger partial charge on any atom is -0.396 e. The van der Waals surface area contributed by atoms with Crippen molar-refractivity contribution < 1.29 is 9.90 Å². The molecule has 1 saturated carbocycles. The Morgan fingerprint density at radius 1 is 1.37 bits per heavy atom. The van der Waals surface area contributed by atoms with E-state index < -0.39 is 0 Å². The van der Waals surface area contributed by atoms with Gasteiger partial charge in [-0.2, -0.15) is 0 Å². The highest BCUT2D eigenvalue weighted by atomic mass is 32.2. The predicted octanol–water partition coefficient (Wildman–Crippen LogP) is 2.08. The van der Waals surface area contributed by atoms with E-state index in [1.165, 1.54) is 42.4 Å². The molecule has 6 nitrogen and oxygen atoms in total. The van der Waals surface area contributed by atoms with E-state index in [4.69, 9.17) is 5.11 Å². The first-order valence-corrected chi connectivity index (χ1v) is 8.23. The second-order valence-electron chi connectivity index (χ2n) is 4.38. The summed E-state index contributed by atoms with van der Waals surface area (Å²) in [5, 5.41) is 22.7. The lowest BCUT2D eigenvalue weighted by atomic mass is 9.96. The summed E-state index contributed by atoms with van der Waals surface area (Å²) >= 11 is 2.75. The summed E-state index contributed by atoms with van der Waals surface area (Å²) in [5.41, 5.74) is 0. The van der Waals surface area contributed by atoms with Crippen LogP contribution in [0.1, 0.15) is 32.1 Å². The highest BCUT2D eigenvalue weighted by molar-refractivity contribution is 8.01. The minimum atomic E-state index is -0.207. The summed E-state index contributed by atoms with van der Waals surface area (Å²) in [7, 11) is 0. The van der Waals surface area contributed by atoms with Crippen LogP contribution < -0.4 is 10.6 Å². The topological polar surface area (TPSA) is 87.1 Å². The third kappa shape index (κ3) is 4.96. The first kappa shape index (κ1) is 14.5. The van der Waals surface area contributed by atoms with Crippen molar-refractivity contribution in [1.29, 1.82) is 0 Å². The lowest BCUT2D eigenvalue weighted by Crippen LogP contribution is -2.38. The Hall–Kier alpha value is -0.860. The molecule has 2 amide bonds. The van der Waals surface area contributed by atoms with Crippen molar-refractivity contribution in [1.82, 2.24) is 15.5 Å². The van der Waals surface area contributed by atoms with Crippen LogP contribution in [0.25, 0.3) is 0 Å². The number of hydrogen-bond donors (Lipinski definition) is 3. The van der Waals surface area contributed by atoms with Gasteiger partial charge in [-0.15, -0.1) is 10.2 Å². The van der Waals surface area contributed by atoms with E-state index in [-0.39, 0.29) is 18.7 Å². The molecule has 0 bridgehead atoms. The average molecular weight is 302 g/mol. The molecular weight excluding hydrogens is 284 g/mol. The number of amides is 2. The minimum absolute atomic E-state index is 0.106. The van der Waals surface area contributed by atoms with E-state index in [1.807, 2.05) is 0 Å². The maximum absolute atomic E-state index is 11.8. The molecule has 0 saturated heterocycles. The first-order chi connectivity index (χ1) is 9.28. The van der Waals surface area contributed by atoms with Gasteiger partial charge in [-0.1, -0.05) is 42.4 Å². The summed E-state index contributed by atoms with van der Waals surface area (Å²) in [6, 6.07) is 0.0756. The van der Waals surface area contributed by atoms with Crippen LogP contribution in [0.3, 0.4) is 0 Å². The summed E-state index contributed by atoms with van der Waals surface area (Å²) in [6.07, 6.45) is 5.75. The molecule has 0 aliphatic heterocycles. The van der Waals surface area contributed by atoms with Crippen LogP contribution in [0.2, 0.25) is 0 Å². The largest absolute Gasteiger partial charge is 0.396 e. The lowest BCUT2D eigenvalue weighted by molar-refractivity contribution is 0.244. The molecule has 0 unspecified atom stereocenters. The van der Waals surface area contributed by atoms with Crippen molar-refractivity contribution in [2.45, 2.75) is 42.5 Å². The number of carbonyl (C=O) groups excluding carboxylic acids is 1. The number of aliphatic hydroxyl groups excluding tert-OH is 1. The third-order valence-electron chi connectivity index (χ3n) is 2.88. The molecule has 0 spiro atoms. The van der Waals surface area contributed by atoms with E-state index in [0.717, 1.165) is 17.2 Å². The zero-order valence-electron chi connectivity index (χ0n) is 10.6. The highest BCUT2D eigenvalue weighted by Crippen LogP contribution is 2.25. The molecule has 0 atom stereocenters. The van der Waals surface area contributed by atoms with Crippen LogP contribution in [0.4, 0.5) is 9.93 Å². The van der Waals surface area contributed by atoms with E-state index in [9.17, 15) is 4.79 Å². The number of nitrogens with zero attached hydrogens (tertiary/aromatic N) is 2. The standard InChI is InChI=1S/C11H18N4O2S2/c16-6-7-18-11-15-14-10(19-11)13-9(17)12-8-4-2-1-3-5-8/h8,16H,1-7H2,(H2,12,13,14,17). The SMILES string of the molecule is O=C(Nc1nnc(SCCO)s1)NC1CCCCC1. The molecule has 8 heteroatoms. The Morgan fingerprint density at radius 2 is 2.16 bits per heavy atom. The van der Waals surface area contributed by atoms with Crippen molar-refractivity contribution in [3.63, 3.8) is 0 Å². The van der Waals surface area contributed by atoms with Gasteiger partial charge in [0, 0.05) is 11.8 Å². The van der Waals surface area contributed by atoms with Gasteiger partial charge in [0.15, 0.2) is 4.34 Å². The molecule has 2 rings (SSSR count). The summed E-state index contributed by atoms with van der Waals surface area (Å²) in [4.78, 5) is 11.8. The quantitative estimate of drug-likeness (QED) is 0.572. The number of urea groups is 1. The van der Waals surface area contributed by atoms with Gasteiger partial charge in [0.25, 0.3) is 0 Å². The maximum Gasteiger partial charge on any atom is 0.321 e. The molecule has 1 aliphatic carbocycles. The molecule has 1 aliphatic rings. The van der Waals surface area contributed by atoms with E-state index in [0.29, 0.717) is 10.9 Å². The number of hydrogen-bond acceptors (Lipinski definition) is 6. The van der Waals surface area contributed by atoms with Crippen LogP contribution in [0.5, 0.6) is 0 Å². The smallest absolute Gasteiger partial charge is 0.321 e. The first-order valence-electron chi connectivity index (χ1n) is 6.42. The number of rotatable bonds is 5. The number of thioether (sulfide) groups is 1. The molecule has 1 aromatic rings. The molecular formula is C11H18N4O2S2. The van der Waals surface area contributed by atoms with Crippen LogP contribution >= 0.6 is 23.1 Å². The average Bonchev–Trinajstić information content (AvgIpc) is 2.85. The number of anilines is 1. The summed E-state index contributed by atoms with van der Waals surface area (Å²) in [5.74, 6) is 0.586. The molecule has 19 heavy (non-hydrogen) atoms. The zero-order valence-corrected chi connectivity index (χ0v) is 12.2. The zero-order chi connectivity index (χ0) is 13.5. The van der Waals surface area contributed by atoms with Gasteiger partial charge in [0.2, 0.25) is 5.13 Å². The molecule has 1 aromatic heterocycles. The fourth-order valence-electron chi connectivity index (χ4n) is 2.02. The van der Waals surface area contributed by atoms with E-state index in [2.05, 4.69) is 20.8 Å². The van der Waals surface area contributed by atoms with Gasteiger partial charge < -0.3 is 10.4 Å². The number of nitrogens with one attached hydrogen (secondary N) is 2. The highest BCUT2D eigenvalue weighted by Gasteiger charge is 2.16. The van der Waals surface area contributed by atoms with Crippen LogP contribution in [-0.2, 0) is 0 Å². The Balaban J connectivity index is 1.76. The number of aromatic nitrogens is 2. The van der Waals surface area contributed by atoms with Crippen LogP contribution in [0, 0.1) is 0 Å². The monoisotopic (exact) mass is 302 g/mol. The Morgan fingerprint density at radius 3 is 2.89 bits per heavy atom. The Bertz CT molecular complexity index is 407.